The summed E-state index contributed by atoms with van der Waals surface area (Å²) < 4.78 is 0. The Balaban J connectivity index is 0.000000214. The summed E-state index contributed by atoms with van der Waals surface area (Å²) >= 11 is 8.08. The summed E-state index contributed by atoms with van der Waals surface area (Å²) in [5.74, 6) is 6.26. The van der Waals surface area contributed by atoms with Gasteiger partial charge in [-0.2, -0.15) is 0 Å². The Bertz CT molecular complexity index is 559. The smallest absolute Gasteiger partial charge is 0.0243 e. The van der Waals surface area contributed by atoms with Gasteiger partial charge in [0.15, 0.2) is 0 Å². The molecule has 0 aromatic carbocycles. The molecule has 0 radical (unpaired) electrons. The van der Waals surface area contributed by atoms with E-state index in [9.17, 15) is 0 Å². The zero-order chi connectivity index (χ0) is 21.3. The molecule has 0 amide bonds. The first-order valence-corrected chi connectivity index (χ1v) is 14.6. The molecule has 196 valence electrons. The van der Waals surface area contributed by atoms with Crippen molar-refractivity contribution in [3.63, 3.8) is 0 Å². The standard InChI is InChI=1S/2C13H22BrN.2ClH.H2O/c2*1-15(2)8-13-6-9-3-10(7-13)5-11(4-9)12(13)14;;;/h2*9-12H,3-8H2,1-2H3;2*1H;1H2. The second-order valence-electron chi connectivity index (χ2n) is 13.2. The lowest BCUT2D eigenvalue weighted by atomic mass is 9.49. The van der Waals surface area contributed by atoms with Crippen molar-refractivity contribution in [3.8, 4) is 0 Å². The van der Waals surface area contributed by atoms with Crippen molar-refractivity contribution in [1.82, 2.24) is 9.80 Å². The Labute approximate surface area is 232 Å². The average molecular weight is 635 g/mol. The summed E-state index contributed by atoms with van der Waals surface area (Å²) in [5, 5.41) is 0. The molecule has 0 heterocycles. The van der Waals surface area contributed by atoms with E-state index in [-0.39, 0.29) is 30.3 Å². The molecule has 3 nitrogen and oxygen atoms in total. The molecular weight excluding hydrogens is 587 g/mol. The molecule has 33 heavy (non-hydrogen) atoms. The SMILES string of the molecule is CN(C)CC12CC3CC(CC(C3)C1Br)C2.CN(C)CC12CC3CC(CC(C3)C1Br)C2.Cl.Cl.O. The lowest BCUT2D eigenvalue weighted by Gasteiger charge is -2.60. The fraction of sp³-hybridized carbons (Fsp3) is 1.00. The Morgan fingerprint density at radius 1 is 0.576 bits per heavy atom. The summed E-state index contributed by atoms with van der Waals surface area (Å²) in [6.07, 6.45) is 15.1. The predicted molar refractivity (Wildman–Crippen MR) is 153 cm³/mol. The molecule has 8 rings (SSSR count). The van der Waals surface area contributed by atoms with Crippen molar-refractivity contribution in [2.45, 2.75) is 73.9 Å². The third-order valence-electron chi connectivity index (χ3n) is 9.92. The van der Waals surface area contributed by atoms with Crippen LogP contribution in [0, 0.1) is 46.3 Å². The highest BCUT2D eigenvalue weighted by Crippen LogP contribution is 2.63. The molecule has 0 spiro atoms. The molecule has 6 atom stereocenters. The van der Waals surface area contributed by atoms with Crippen molar-refractivity contribution in [2.75, 3.05) is 41.3 Å². The van der Waals surface area contributed by atoms with Crippen LogP contribution in [0.5, 0.6) is 0 Å². The molecule has 0 aliphatic heterocycles. The van der Waals surface area contributed by atoms with E-state index in [2.05, 4.69) is 69.9 Å². The van der Waals surface area contributed by atoms with Crippen molar-refractivity contribution < 1.29 is 5.48 Å². The number of alkyl halides is 2. The van der Waals surface area contributed by atoms with Crippen LogP contribution in [0.15, 0.2) is 0 Å². The fourth-order valence-corrected chi connectivity index (χ4v) is 11.9. The fourth-order valence-electron chi connectivity index (χ4n) is 9.99. The molecule has 6 unspecified atom stereocenters. The Morgan fingerprint density at radius 3 is 1.09 bits per heavy atom. The monoisotopic (exact) mass is 632 g/mol. The van der Waals surface area contributed by atoms with Crippen LogP contribution < -0.4 is 0 Å². The van der Waals surface area contributed by atoms with Crippen LogP contribution >= 0.6 is 56.7 Å². The van der Waals surface area contributed by atoms with E-state index in [0.29, 0.717) is 10.8 Å². The van der Waals surface area contributed by atoms with E-state index in [1.54, 1.807) is 12.8 Å². The molecule has 0 aromatic heterocycles. The lowest BCUT2D eigenvalue weighted by Crippen LogP contribution is -2.57. The second kappa shape index (κ2) is 11.4. The van der Waals surface area contributed by atoms with Gasteiger partial charge >= 0.3 is 0 Å². The molecule has 8 saturated carbocycles. The van der Waals surface area contributed by atoms with Crippen LogP contribution in [0.1, 0.15) is 64.2 Å². The van der Waals surface area contributed by atoms with E-state index < -0.39 is 0 Å². The Morgan fingerprint density at radius 2 is 0.848 bits per heavy atom. The Hall–Kier alpha value is 1.42. The highest BCUT2D eigenvalue weighted by atomic mass is 79.9. The van der Waals surface area contributed by atoms with Crippen LogP contribution in [0.3, 0.4) is 0 Å². The maximum absolute atomic E-state index is 4.04. The van der Waals surface area contributed by atoms with Gasteiger partial charge in [-0.15, -0.1) is 24.8 Å². The van der Waals surface area contributed by atoms with Gasteiger partial charge < -0.3 is 15.3 Å². The topological polar surface area (TPSA) is 38.0 Å². The maximum atomic E-state index is 4.04. The highest BCUT2D eigenvalue weighted by molar-refractivity contribution is 9.09. The average Bonchev–Trinajstić information content (AvgIpc) is 2.62. The van der Waals surface area contributed by atoms with Gasteiger partial charge in [0, 0.05) is 22.7 Å². The van der Waals surface area contributed by atoms with E-state index in [0.717, 1.165) is 45.2 Å². The summed E-state index contributed by atoms with van der Waals surface area (Å²) in [7, 11) is 8.94. The van der Waals surface area contributed by atoms with E-state index in [4.69, 9.17) is 0 Å². The molecule has 8 fully saturated rings. The summed E-state index contributed by atoms with van der Waals surface area (Å²) in [6.45, 7) is 2.60. The van der Waals surface area contributed by atoms with Crippen molar-refractivity contribution in [3.05, 3.63) is 0 Å². The van der Waals surface area contributed by atoms with Crippen molar-refractivity contribution >= 4 is 56.7 Å². The minimum Gasteiger partial charge on any atom is -0.412 e. The first kappa shape index (κ1) is 30.6. The van der Waals surface area contributed by atoms with E-state index >= 15 is 0 Å². The maximum Gasteiger partial charge on any atom is 0.0243 e. The van der Waals surface area contributed by atoms with Gasteiger partial charge in [0.1, 0.15) is 0 Å². The molecule has 7 heteroatoms. The molecule has 0 aromatic rings. The van der Waals surface area contributed by atoms with Crippen LogP contribution in [0.2, 0.25) is 0 Å². The number of hydrogen-bond acceptors (Lipinski definition) is 2. The first-order chi connectivity index (χ1) is 14.2. The number of hydrogen-bond donors (Lipinski definition) is 0. The second-order valence-corrected chi connectivity index (χ2v) is 15.2. The van der Waals surface area contributed by atoms with Crippen LogP contribution in [-0.4, -0.2) is 66.2 Å². The van der Waals surface area contributed by atoms with E-state index in [1.165, 1.54) is 64.5 Å². The predicted octanol–water partition coefficient (Wildman–Crippen LogP) is 6.29. The van der Waals surface area contributed by atoms with Crippen LogP contribution in [0.25, 0.3) is 0 Å². The largest absolute Gasteiger partial charge is 0.412 e. The van der Waals surface area contributed by atoms with Gasteiger partial charge in [-0.1, -0.05) is 31.9 Å². The molecule has 0 saturated heterocycles. The quantitative estimate of drug-likeness (QED) is 0.341. The zero-order valence-corrected chi connectivity index (χ0v) is 25.9. The Kier molecular flexibility index (Phi) is 10.6. The molecular formula is C26H48Br2Cl2N2O. The van der Waals surface area contributed by atoms with Gasteiger partial charge in [-0.25, -0.2) is 0 Å². The highest BCUT2D eigenvalue weighted by Gasteiger charge is 2.57. The molecule has 8 bridgehead atoms. The van der Waals surface area contributed by atoms with Crippen molar-refractivity contribution in [2.24, 2.45) is 46.3 Å². The summed E-state index contributed by atoms with van der Waals surface area (Å²) in [4.78, 5) is 6.42. The van der Waals surface area contributed by atoms with Crippen LogP contribution in [0.4, 0.5) is 0 Å². The number of halogens is 4. The van der Waals surface area contributed by atoms with Gasteiger partial charge in [0.25, 0.3) is 0 Å². The summed E-state index contributed by atoms with van der Waals surface area (Å²) in [5.41, 5.74) is 1.25. The summed E-state index contributed by atoms with van der Waals surface area (Å²) in [6, 6.07) is 0. The molecule has 8 aliphatic rings. The third-order valence-corrected chi connectivity index (χ3v) is 13.4. The third kappa shape index (κ3) is 5.80. The van der Waals surface area contributed by atoms with Gasteiger partial charge in [0.05, 0.1) is 0 Å². The minimum absolute atomic E-state index is 0. The normalized spacial score (nSPS) is 48.0. The van der Waals surface area contributed by atoms with Gasteiger partial charge in [-0.3, -0.25) is 0 Å². The van der Waals surface area contributed by atoms with Crippen molar-refractivity contribution in [1.29, 1.82) is 0 Å². The number of nitrogens with zero attached hydrogens (tertiary/aromatic N) is 2. The lowest BCUT2D eigenvalue weighted by molar-refractivity contribution is -0.0542. The van der Waals surface area contributed by atoms with Crippen LogP contribution in [-0.2, 0) is 0 Å². The zero-order valence-electron chi connectivity index (χ0n) is 21.1. The molecule has 2 N–H and O–H groups in total. The van der Waals surface area contributed by atoms with Gasteiger partial charge in [-0.05, 0) is 139 Å². The molecule has 8 aliphatic carbocycles. The minimum atomic E-state index is 0. The number of rotatable bonds is 4. The van der Waals surface area contributed by atoms with Gasteiger partial charge in [0.2, 0.25) is 0 Å². The van der Waals surface area contributed by atoms with E-state index in [1.807, 2.05) is 0 Å². The first-order valence-electron chi connectivity index (χ1n) is 12.8.